The van der Waals surface area contributed by atoms with Gasteiger partial charge in [0.05, 0.1) is 11.9 Å². The van der Waals surface area contributed by atoms with Crippen LogP contribution in [0.1, 0.15) is 39.0 Å². The molecular weight excluding hydrogens is 176 g/mol. The van der Waals surface area contributed by atoms with Gasteiger partial charge in [0.15, 0.2) is 0 Å². The fourth-order valence-electron chi connectivity index (χ4n) is 2.42. The number of nitrogens with one attached hydrogen (secondary N) is 1. The highest BCUT2D eigenvalue weighted by molar-refractivity contribution is 5.80. The zero-order valence-corrected chi connectivity index (χ0v) is 8.96. The van der Waals surface area contributed by atoms with E-state index in [1.165, 1.54) is 12.8 Å². The first-order chi connectivity index (χ1) is 6.81. The zero-order valence-electron chi connectivity index (χ0n) is 8.96. The Morgan fingerprint density at radius 2 is 2.21 bits per heavy atom. The lowest BCUT2D eigenvalue weighted by Crippen LogP contribution is -2.52. The number of amidine groups is 1. The number of nitrogens with zero attached hydrogens (tertiary/aromatic N) is 1. The maximum atomic E-state index is 7.87. The van der Waals surface area contributed by atoms with Crippen molar-refractivity contribution in [3.63, 3.8) is 0 Å². The van der Waals surface area contributed by atoms with Gasteiger partial charge in [0.1, 0.15) is 0 Å². The highest BCUT2D eigenvalue weighted by Crippen LogP contribution is 2.30. The van der Waals surface area contributed by atoms with E-state index >= 15 is 0 Å². The maximum Gasteiger partial charge on any atom is 0.0960 e. The topological polar surface area (TPSA) is 36.3 Å². The van der Waals surface area contributed by atoms with Crippen molar-refractivity contribution >= 4 is 5.84 Å². The van der Waals surface area contributed by atoms with Gasteiger partial charge in [-0.1, -0.05) is 0 Å². The van der Waals surface area contributed by atoms with E-state index in [-0.39, 0.29) is 0 Å². The van der Waals surface area contributed by atoms with E-state index in [0.717, 1.165) is 38.2 Å². The Bertz CT molecular complexity index is 211. The van der Waals surface area contributed by atoms with Gasteiger partial charge >= 0.3 is 0 Å². The van der Waals surface area contributed by atoms with Gasteiger partial charge < -0.3 is 9.64 Å². The van der Waals surface area contributed by atoms with Crippen LogP contribution in [0.2, 0.25) is 0 Å². The quantitative estimate of drug-likeness (QED) is 0.749. The molecule has 1 saturated heterocycles. The molecule has 1 N–H and O–H groups in total. The Balaban J connectivity index is 1.77. The van der Waals surface area contributed by atoms with Crippen LogP contribution in [0.15, 0.2) is 0 Å². The summed E-state index contributed by atoms with van der Waals surface area (Å²) in [4.78, 5) is 2.29. The van der Waals surface area contributed by atoms with E-state index in [0.29, 0.717) is 12.1 Å². The number of rotatable bonds is 3. The predicted molar refractivity (Wildman–Crippen MR) is 56.7 cm³/mol. The molecule has 1 heterocycles. The monoisotopic (exact) mass is 196 g/mol. The first-order valence-corrected chi connectivity index (χ1v) is 5.77. The van der Waals surface area contributed by atoms with Crippen LogP contribution in [0.5, 0.6) is 0 Å². The lowest BCUT2D eigenvalue weighted by molar-refractivity contribution is -0.0323. The SMILES string of the molecule is CCOC1CC(N2CCCCC2=N)C1. The van der Waals surface area contributed by atoms with Crippen LogP contribution in [0.25, 0.3) is 0 Å². The summed E-state index contributed by atoms with van der Waals surface area (Å²) in [5, 5.41) is 7.87. The average Bonchev–Trinajstić information content (AvgIpc) is 2.12. The third-order valence-electron chi connectivity index (χ3n) is 3.32. The molecule has 0 spiro atoms. The zero-order chi connectivity index (χ0) is 9.97. The Morgan fingerprint density at radius 1 is 1.43 bits per heavy atom. The van der Waals surface area contributed by atoms with E-state index in [1.807, 2.05) is 0 Å². The summed E-state index contributed by atoms with van der Waals surface area (Å²) >= 11 is 0. The first-order valence-electron chi connectivity index (χ1n) is 5.77. The van der Waals surface area contributed by atoms with E-state index < -0.39 is 0 Å². The fraction of sp³-hybridized carbons (Fsp3) is 0.909. The molecule has 0 unspecified atom stereocenters. The standard InChI is InChI=1S/C11H20N2O/c1-2-14-10-7-9(8-10)13-6-4-3-5-11(13)12/h9-10,12H,2-8H2,1H3. The molecular formula is C11H20N2O. The number of piperidine rings is 1. The molecule has 14 heavy (non-hydrogen) atoms. The van der Waals surface area contributed by atoms with Crippen molar-refractivity contribution in [3.8, 4) is 0 Å². The van der Waals surface area contributed by atoms with Crippen LogP contribution in [0.4, 0.5) is 0 Å². The van der Waals surface area contributed by atoms with Gasteiger partial charge in [-0.2, -0.15) is 0 Å². The van der Waals surface area contributed by atoms with Crippen LogP contribution in [0.3, 0.4) is 0 Å². The molecule has 0 bridgehead atoms. The van der Waals surface area contributed by atoms with Crippen molar-refractivity contribution in [2.45, 2.75) is 51.2 Å². The fourth-order valence-corrected chi connectivity index (χ4v) is 2.42. The molecule has 1 aliphatic heterocycles. The molecule has 0 amide bonds. The second-order valence-corrected chi connectivity index (χ2v) is 4.30. The van der Waals surface area contributed by atoms with Gasteiger partial charge in [-0.3, -0.25) is 5.41 Å². The Morgan fingerprint density at radius 3 is 2.86 bits per heavy atom. The molecule has 2 aliphatic rings. The minimum absolute atomic E-state index is 0.472. The van der Waals surface area contributed by atoms with Gasteiger partial charge in [0.25, 0.3) is 0 Å². The lowest BCUT2D eigenvalue weighted by Gasteiger charge is -2.45. The molecule has 1 saturated carbocycles. The van der Waals surface area contributed by atoms with Gasteiger partial charge in [-0.25, -0.2) is 0 Å². The van der Waals surface area contributed by atoms with Crippen LogP contribution >= 0.6 is 0 Å². The number of hydrogen-bond donors (Lipinski definition) is 1. The van der Waals surface area contributed by atoms with Gasteiger partial charge in [0, 0.05) is 25.6 Å². The lowest BCUT2D eigenvalue weighted by atomic mass is 9.86. The van der Waals surface area contributed by atoms with Gasteiger partial charge in [-0.15, -0.1) is 0 Å². The average molecular weight is 196 g/mol. The second kappa shape index (κ2) is 4.30. The summed E-state index contributed by atoms with van der Waals surface area (Å²) in [6.45, 7) is 3.98. The van der Waals surface area contributed by atoms with E-state index in [1.54, 1.807) is 0 Å². The van der Waals surface area contributed by atoms with E-state index in [9.17, 15) is 0 Å². The summed E-state index contributed by atoms with van der Waals surface area (Å²) in [6.07, 6.45) is 6.19. The number of ether oxygens (including phenoxy) is 1. The highest BCUT2D eigenvalue weighted by Gasteiger charge is 2.35. The normalized spacial score (nSPS) is 32.9. The Hall–Kier alpha value is -0.570. The molecule has 80 valence electrons. The molecule has 0 radical (unpaired) electrons. The smallest absolute Gasteiger partial charge is 0.0960 e. The van der Waals surface area contributed by atoms with Crippen molar-refractivity contribution < 1.29 is 4.74 Å². The van der Waals surface area contributed by atoms with Crippen LogP contribution < -0.4 is 0 Å². The van der Waals surface area contributed by atoms with Gasteiger partial charge in [-0.05, 0) is 32.6 Å². The summed E-state index contributed by atoms with van der Waals surface area (Å²) in [5.41, 5.74) is 0. The minimum atomic E-state index is 0.472. The summed E-state index contributed by atoms with van der Waals surface area (Å²) in [5.74, 6) is 0.858. The molecule has 2 rings (SSSR count). The molecule has 3 nitrogen and oxygen atoms in total. The van der Waals surface area contributed by atoms with Crippen molar-refractivity contribution in [3.05, 3.63) is 0 Å². The van der Waals surface area contributed by atoms with Crippen molar-refractivity contribution in [1.29, 1.82) is 5.41 Å². The maximum absolute atomic E-state index is 7.87. The third kappa shape index (κ3) is 1.92. The molecule has 0 aromatic carbocycles. The largest absolute Gasteiger partial charge is 0.378 e. The van der Waals surface area contributed by atoms with Crippen LogP contribution in [-0.4, -0.2) is 36.0 Å². The first kappa shape index (κ1) is 9.97. The second-order valence-electron chi connectivity index (χ2n) is 4.30. The minimum Gasteiger partial charge on any atom is -0.378 e. The molecule has 1 aliphatic carbocycles. The van der Waals surface area contributed by atoms with E-state index in [4.69, 9.17) is 10.1 Å². The number of hydrogen-bond acceptors (Lipinski definition) is 2. The van der Waals surface area contributed by atoms with Crippen molar-refractivity contribution in [2.24, 2.45) is 0 Å². The van der Waals surface area contributed by atoms with E-state index in [2.05, 4.69) is 11.8 Å². The molecule has 3 heteroatoms. The van der Waals surface area contributed by atoms with Crippen LogP contribution in [0, 0.1) is 5.41 Å². The van der Waals surface area contributed by atoms with Crippen molar-refractivity contribution in [2.75, 3.05) is 13.2 Å². The van der Waals surface area contributed by atoms with Gasteiger partial charge in [0.2, 0.25) is 0 Å². The molecule has 0 atom stereocenters. The number of likely N-dealkylation sites (tertiary alicyclic amines) is 1. The molecule has 0 aromatic heterocycles. The summed E-state index contributed by atoms with van der Waals surface area (Å²) in [7, 11) is 0. The molecule has 2 fully saturated rings. The third-order valence-corrected chi connectivity index (χ3v) is 3.32. The Kier molecular flexibility index (Phi) is 3.06. The van der Waals surface area contributed by atoms with Crippen LogP contribution in [-0.2, 0) is 4.74 Å². The summed E-state index contributed by atoms with van der Waals surface area (Å²) < 4.78 is 5.54. The molecule has 0 aromatic rings. The Labute approximate surface area is 85.9 Å². The summed E-state index contributed by atoms with van der Waals surface area (Å²) in [6, 6.07) is 0.611. The van der Waals surface area contributed by atoms with Crippen molar-refractivity contribution in [1.82, 2.24) is 4.90 Å². The highest BCUT2D eigenvalue weighted by atomic mass is 16.5. The predicted octanol–water partition coefficient (Wildman–Crippen LogP) is 2.02.